The molecule has 2 heterocycles. The first kappa shape index (κ1) is 15.6. The minimum atomic E-state index is -0.465. The van der Waals surface area contributed by atoms with Crippen molar-refractivity contribution in [2.45, 2.75) is 13.8 Å². The lowest BCUT2D eigenvalue weighted by Crippen LogP contribution is -2.54. The maximum absolute atomic E-state index is 12.8. The quantitative estimate of drug-likeness (QED) is 0.518. The summed E-state index contributed by atoms with van der Waals surface area (Å²) in [6.07, 6.45) is 1.59. The van der Waals surface area contributed by atoms with E-state index < -0.39 is 11.8 Å². The second kappa shape index (κ2) is 6.06. The Morgan fingerprint density at radius 3 is 2.70 bits per heavy atom. The highest BCUT2D eigenvalue weighted by molar-refractivity contribution is 7.80. The molecule has 1 fully saturated rings. The Labute approximate surface area is 143 Å². The first-order valence-electron chi connectivity index (χ1n) is 6.99. The fraction of sp³-hybridized carbons (Fsp3) is 0.118. The number of hydrogen-bond donors (Lipinski definition) is 1. The Bertz CT molecular complexity index is 838. The Balaban J connectivity index is 2.07. The fourth-order valence-electron chi connectivity index (χ4n) is 2.38. The molecule has 0 bridgehead atoms. The predicted octanol–water partition coefficient (Wildman–Crippen LogP) is 3.20. The van der Waals surface area contributed by atoms with Crippen LogP contribution in [-0.2, 0) is 9.59 Å². The van der Waals surface area contributed by atoms with Gasteiger partial charge in [-0.3, -0.25) is 19.8 Å². The van der Waals surface area contributed by atoms with Gasteiger partial charge in [0, 0.05) is 0 Å². The molecule has 4 nitrogen and oxygen atoms in total. The number of anilines is 1. The largest absolute Gasteiger partial charge is 0.298 e. The van der Waals surface area contributed by atoms with E-state index in [1.54, 1.807) is 6.08 Å². The molecular formula is C17H14N2O2S2. The van der Waals surface area contributed by atoms with E-state index in [-0.39, 0.29) is 10.7 Å². The highest BCUT2D eigenvalue weighted by Gasteiger charge is 2.35. The van der Waals surface area contributed by atoms with Gasteiger partial charge in [0.1, 0.15) is 5.57 Å². The zero-order chi connectivity index (χ0) is 16.6. The van der Waals surface area contributed by atoms with Crippen LogP contribution in [0.1, 0.15) is 16.7 Å². The summed E-state index contributed by atoms with van der Waals surface area (Å²) in [5.74, 6) is -0.869. The number of nitrogens with zero attached hydrogens (tertiary/aromatic N) is 1. The monoisotopic (exact) mass is 342 g/mol. The highest BCUT2D eigenvalue weighted by Crippen LogP contribution is 2.27. The van der Waals surface area contributed by atoms with Gasteiger partial charge < -0.3 is 0 Å². The van der Waals surface area contributed by atoms with Crippen molar-refractivity contribution in [1.29, 1.82) is 0 Å². The summed E-state index contributed by atoms with van der Waals surface area (Å²) >= 11 is 6.72. The molecule has 2 aromatic rings. The van der Waals surface area contributed by atoms with Crippen LogP contribution in [0, 0.1) is 13.8 Å². The van der Waals surface area contributed by atoms with E-state index in [1.165, 1.54) is 16.2 Å². The fourth-order valence-corrected chi connectivity index (χ4v) is 3.27. The molecule has 0 spiro atoms. The van der Waals surface area contributed by atoms with Gasteiger partial charge in [-0.1, -0.05) is 12.1 Å². The zero-order valence-corrected chi connectivity index (χ0v) is 14.3. The number of thiophene rings is 1. The molecular weight excluding hydrogens is 328 g/mol. The average molecular weight is 342 g/mol. The lowest BCUT2D eigenvalue weighted by atomic mass is 10.0. The van der Waals surface area contributed by atoms with Gasteiger partial charge in [-0.25, -0.2) is 0 Å². The molecule has 1 aromatic carbocycles. The summed E-state index contributed by atoms with van der Waals surface area (Å²) in [6.45, 7) is 3.90. The maximum Gasteiger partial charge on any atom is 0.270 e. The number of thiocarbonyl (C=S) groups is 1. The van der Waals surface area contributed by atoms with Crippen LogP contribution in [0.4, 0.5) is 5.69 Å². The minimum Gasteiger partial charge on any atom is -0.298 e. The van der Waals surface area contributed by atoms with Crippen molar-refractivity contribution < 1.29 is 9.59 Å². The number of amides is 2. The lowest BCUT2D eigenvalue weighted by molar-refractivity contribution is -0.122. The van der Waals surface area contributed by atoms with Gasteiger partial charge in [0.05, 0.1) is 5.69 Å². The van der Waals surface area contributed by atoms with E-state index >= 15 is 0 Å². The smallest absolute Gasteiger partial charge is 0.270 e. The number of aryl methyl sites for hydroxylation is 1. The molecule has 2 amide bonds. The molecule has 116 valence electrons. The topological polar surface area (TPSA) is 49.4 Å². The molecule has 0 saturated carbocycles. The molecule has 1 saturated heterocycles. The molecule has 23 heavy (non-hydrogen) atoms. The molecule has 1 aliphatic heterocycles. The summed E-state index contributed by atoms with van der Waals surface area (Å²) in [7, 11) is 0. The number of nitrogens with one attached hydrogen (secondary N) is 1. The van der Waals surface area contributed by atoms with E-state index in [2.05, 4.69) is 5.32 Å². The predicted molar refractivity (Wildman–Crippen MR) is 96.4 cm³/mol. The van der Waals surface area contributed by atoms with Gasteiger partial charge in [-0.2, -0.15) is 11.3 Å². The van der Waals surface area contributed by atoms with Crippen molar-refractivity contribution in [2.75, 3.05) is 4.90 Å². The van der Waals surface area contributed by atoms with Crippen LogP contribution >= 0.6 is 23.6 Å². The van der Waals surface area contributed by atoms with Crippen LogP contribution in [0.2, 0.25) is 0 Å². The van der Waals surface area contributed by atoms with Gasteiger partial charge >= 0.3 is 0 Å². The van der Waals surface area contributed by atoms with Crippen molar-refractivity contribution in [3.63, 3.8) is 0 Å². The molecule has 1 aromatic heterocycles. The van der Waals surface area contributed by atoms with E-state index in [4.69, 9.17) is 12.2 Å². The Hall–Kier alpha value is -2.31. The maximum atomic E-state index is 12.8. The second-order valence-corrected chi connectivity index (χ2v) is 6.40. The standard InChI is InChI=1S/C17H14N2O2S2/c1-10-4-3-5-14(11(10)2)19-16(21)13(15(20)18-17(19)22)8-12-6-7-23-9-12/h3-9H,1-2H3,(H,18,20,22)/b13-8+. The Kier molecular flexibility index (Phi) is 4.11. The molecule has 0 unspecified atom stereocenters. The van der Waals surface area contributed by atoms with Crippen LogP contribution in [0.25, 0.3) is 6.08 Å². The van der Waals surface area contributed by atoms with Crippen LogP contribution in [0.3, 0.4) is 0 Å². The minimum absolute atomic E-state index is 0.0814. The third-order valence-corrected chi connectivity index (χ3v) is 4.76. The summed E-state index contributed by atoms with van der Waals surface area (Å²) in [6, 6.07) is 7.52. The van der Waals surface area contributed by atoms with Crippen molar-refractivity contribution in [1.82, 2.24) is 5.32 Å². The number of hydrogen-bond acceptors (Lipinski definition) is 4. The summed E-state index contributed by atoms with van der Waals surface area (Å²) in [4.78, 5) is 26.4. The van der Waals surface area contributed by atoms with Gasteiger partial charge in [0.25, 0.3) is 11.8 Å². The molecule has 0 radical (unpaired) electrons. The molecule has 0 aliphatic carbocycles. The van der Waals surface area contributed by atoms with Crippen molar-refractivity contribution in [3.8, 4) is 0 Å². The molecule has 6 heteroatoms. The SMILES string of the molecule is Cc1cccc(N2C(=O)/C(=C/c3ccsc3)C(=O)NC2=S)c1C. The highest BCUT2D eigenvalue weighted by atomic mass is 32.1. The average Bonchev–Trinajstić information content (AvgIpc) is 3.01. The van der Waals surface area contributed by atoms with Gasteiger partial charge in [-0.15, -0.1) is 0 Å². The molecule has 0 atom stereocenters. The van der Waals surface area contributed by atoms with Crippen LogP contribution < -0.4 is 10.2 Å². The molecule has 1 aliphatic rings. The normalized spacial score (nSPS) is 16.9. The number of benzene rings is 1. The summed E-state index contributed by atoms with van der Waals surface area (Å²) in [5.41, 5.74) is 3.60. The third kappa shape index (κ3) is 2.83. The van der Waals surface area contributed by atoms with Gasteiger partial charge in [0.2, 0.25) is 0 Å². The number of rotatable bonds is 2. The van der Waals surface area contributed by atoms with E-state index in [0.717, 1.165) is 16.7 Å². The van der Waals surface area contributed by atoms with Crippen LogP contribution in [0.15, 0.2) is 40.6 Å². The molecule has 1 N–H and O–H groups in total. The summed E-state index contributed by atoms with van der Waals surface area (Å²) < 4.78 is 0. The van der Waals surface area contributed by atoms with E-state index in [1.807, 2.05) is 48.9 Å². The van der Waals surface area contributed by atoms with Crippen molar-refractivity contribution in [2.24, 2.45) is 0 Å². The first-order valence-corrected chi connectivity index (χ1v) is 8.34. The van der Waals surface area contributed by atoms with Gasteiger partial charge in [-0.05, 0) is 71.7 Å². The van der Waals surface area contributed by atoms with Crippen molar-refractivity contribution >= 4 is 52.2 Å². The third-order valence-electron chi connectivity index (χ3n) is 3.77. The van der Waals surface area contributed by atoms with Crippen LogP contribution in [0.5, 0.6) is 0 Å². The van der Waals surface area contributed by atoms with E-state index in [0.29, 0.717) is 5.69 Å². The Morgan fingerprint density at radius 2 is 2.00 bits per heavy atom. The van der Waals surface area contributed by atoms with Gasteiger partial charge in [0.15, 0.2) is 5.11 Å². The molecule has 3 rings (SSSR count). The Morgan fingerprint density at radius 1 is 1.22 bits per heavy atom. The van der Waals surface area contributed by atoms with Crippen molar-refractivity contribution in [3.05, 3.63) is 57.3 Å². The first-order chi connectivity index (χ1) is 11.0. The lowest BCUT2D eigenvalue weighted by Gasteiger charge is -2.30. The van der Waals surface area contributed by atoms with Crippen LogP contribution in [-0.4, -0.2) is 16.9 Å². The second-order valence-electron chi connectivity index (χ2n) is 5.23. The zero-order valence-electron chi connectivity index (χ0n) is 12.6. The van der Waals surface area contributed by atoms with E-state index in [9.17, 15) is 9.59 Å². The number of carbonyl (C=O) groups is 2. The summed E-state index contributed by atoms with van der Waals surface area (Å²) in [5, 5.41) is 6.48. The number of carbonyl (C=O) groups excluding carboxylic acids is 2.